The molecule has 20 heavy (non-hydrogen) atoms. The van der Waals surface area contributed by atoms with E-state index in [4.69, 9.17) is 0 Å². The maximum Gasteiger partial charge on any atom is 0.241 e. The second-order valence-electron chi connectivity index (χ2n) is 4.81. The van der Waals surface area contributed by atoms with Gasteiger partial charge < -0.3 is 10.6 Å². The highest BCUT2D eigenvalue weighted by molar-refractivity contribution is 5.95. The molecule has 0 spiro atoms. The zero-order valence-electron chi connectivity index (χ0n) is 11.0. The van der Waals surface area contributed by atoms with Gasteiger partial charge in [-0.25, -0.2) is 0 Å². The molecule has 0 aliphatic carbocycles. The van der Waals surface area contributed by atoms with E-state index in [1.54, 1.807) is 0 Å². The van der Waals surface area contributed by atoms with Crippen LogP contribution in [0.5, 0.6) is 0 Å². The van der Waals surface area contributed by atoms with E-state index in [-0.39, 0.29) is 11.9 Å². The number of H-pyrrole nitrogens is 1. The van der Waals surface area contributed by atoms with Crippen LogP contribution < -0.4 is 10.6 Å². The fraction of sp³-hybridized carbons (Fsp3) is 0.385. The van der Waals surface area contributed by atoms with Crippen LogP contribution in [0.15, 0.2) is 24.3 Å². The predicted molar refractivity (Wildman–Crippen MR) is 73.9 cm³/mol. The van der Waals surface area contributed by atoms with Crippen LogP contribution in [0, 0.1) is 0 Å². The van der Waals surface area contributed by atoms with Crippen molar-refractivity contribution in [2.45, 2.75) is 25.3 Å². The Kier molecular flexibility index (Phi) is 3.69. The lowest BCUT2D eigenvalue weighted by atomic mass is 10.0. The number of hydrogen-bond acceptors (Lipinski definition) is 5. The van der Waals surface area contributed by atoms with E-state index in [0.29, 0.717) is 5.82 Å². The van der Waals surface area contributed by atoms with E-state index >= 15 is 0 Å². The molecule has 1 saturated heterocycles. The highest BCUT2D eigenvalue weighted by Gasteiger charge is 2.20. The number of rotatable bonds is 3. The second kappa shape index (κ2) is 5.79. The average Bonchev–Trinajstić information content (AvgIpc) is 3.03. The summed E-state index contributed by atoms with van der Waals surface area (Å²) >= 11 is 0. The number of nitrogens with zero attached hydrogens (tertiary/aromatic N) is 3. The van der Waals surface area contributed by atoms with Gasteiger partial charge in [0.1, 0.15) is 0 Å². The summed E-state index contributed by atoms with van der Waals surface area (Å²) in [6.07, 6.45) is 3.11. The maximum atomic E-state index is 12.1. The fourth-order valence-electron chi connectivity index (χ4n) is 2.33. The molecule has 0 radical (unpaired) electrons. The van der Waals surface area contributed by atoms with E-state index in [1.807, 2.05) is 24.3 Å². The third-order valence-electron chi connectivity index (χ3n) is 3.36. The molecular weight excluding hydrogens is 256 g/mol. The first-order valence-electron chi connectivity index (χ1n) is 6.71. The van der Waals surface area contributed by atoms with Crippen molar-refractivity contribution >= 4 is 11.6 Å². The molecule has 3 N–H and O–H groups in total. The third kappa shape index (κ3) is 2.83. The Hall–Kier alpha value is -2.28. The molecule has 1 aliphatic heterocycles. The molecule has 1 atom stereocenters. The number of aromatic amines is 1. The Bertz CT molecular complexity index is 576. The van der Waals surface area contributed by atoms with Crippen molar-refractivity contribution in [2.24, 2.45) is 0 Å². The lowest BCUT2D eigenvalue weighted by molar-refractivity contribution is -0.118. The first-order chi connectivity index (χ1) is 9.83. The third-order valence-corrected chi connectivity index (χ3v) is 3.36. The van der Waals surface area contributed by atoms with Crippen molar-refractivity contribution in [3.63, 3.8) is 0 Å². The van der Waals surface area contributed by atoms with Crippen LogP contribution in [0.4, 0.5) is 5.69 Å². The van der Waals surface area contributed by atoms with Crippen molar-refractivity contribution in [1.29, 1.82) is 0 Å². The first-order valence-corrected chi connectivity index (χ1v) is 6.71. The summed E-state index contributed by atoms with van der Waals surface area (Å²) in [5.41, 5.74) is 1.55. The Morgan fingerprint density at radius 1 is 1.35 bits per heavy atom. The minimum absolute atomic E-state index is 0.00922. The van der Waals surface area contributed by atoms with Crippen LogP contribution in [0.3, 0.4) is 0 Å². The van der Waals surface area contributed by atoms with Crippen LogP contribution >= 0.6 is 0 Å². The Morgan fingerprint density at radius 3 is 3.05 bits per heavy atom. The zero-order valence-corrected chi connectivity index (χ0v) is 11.0. The minimum Gasteiger partial charge on any atom is -0.325 e. The van der Waals surface area contributed by atoms with E-state index < -0.39 is 0 Å². The highest BCUT2D eigenvalue weighted by atomic mass is 16.2. The van der Waals surface area contributed by atoms with E-state index in [1.165, 1.54) is 0 Å². The Labute approximate surface area is 116 Å². The van der Waals surface area contributed by atoms with Crippen molar-refractivity contribution in [3.05, 3.63) is 24.3 Å². The molecule has 1 unspecified atom stereocenters. The number of nitrogens with one attached hydrogen (secondary N) is 3. The quantitative estimate of drug-likeness (QED) is 0.773. The molecule has 1 aliphatic rings. The lowest BCUT2D eigenvalue weighted by Crippen LogP contribution is -2.43. The van der Waals surface area contributed by atoms with Gasteiger partial charge in [-0.05, 0) is 36.7 Å². The van der Waals surface area contributed by atoms with Crippen molar-refractivity contribution < 1.29 is 4.79 Å². The monoisotopic (exact) mass is 272 g/mol. The fourth-order valence-corrected chi connectivity index (χ4v) is 2.33. The molecule has 1 aromatic carbocycles. The van der Waals surface area contributed by atoms with Gasteiger partial charge in [-0.2, -0.15) is 5.21 Å². The topological polar surface area (TPSA) is 95.6 Å². The van der Waals surface area contributed by atoms with Crippen LogP contribution in [0.2, 0.25) is 0 Å². The van der Waals surface area contributed by atoms with Crippen LogP contribution in [0.1, 0.15) is 19.3 Å². The van der Waals surface area contributed by atoms with E-state index in [9.17, 15) is 4.79 Å². The summed E-state index contributed by atoms with van der Waals surface area (Å²) in [6.45, 7) is 0.904. The molecule has 3 rings (SSSR count). The van der Waals surface area contributed by atoms with E-state index in [2.05, 4.69) is 31.3 Å². The lowest BCUT2D eigenvalue weighted by Gasteiger charge is -2.22. The Morgan fingerprint density at radius 2 is 2.30 bits per heavy atom. The molecule has 0 saturated carbocycles. The number of tetrazole rings is 1. The van der Waals surface area contributed by atoms with Crippen molar-refractivity contribution in [1.82, 2.24) is 25.9 Å². The number of benzene rings is 1. The van der Waals surface area contributed by atoms with Crippen molar-refractivity contribution in [3.8, 4) is 11.4 Å². The van der Waals surface area contributed by atoms with Gasteiger partial charge in [0.05, 0.1) is 6.04 Å². The molecule has 0 bridgehead atoms. The predicted octanol–water partition coefficient (Wildman–Crippen LogP) is 0.947. The standard InChI is InChI=1S/C13H16N6O/c20-13(11-6-1-2-7-14-11)15-10-5-3-4-9(8-10)12-16-18-19-17-12/h3-5,8,11,14H,1-2,6-7H2,(H,15,20)(H,16,17,18,19). The molecule has 2 aromatic rings. The van der Waals surface area contributed by atoms with Gasteiger partial charge in [0.25, 0.3) is 0 Å². The Balaban J connectivity index is 1.71. The number of amides is 1. The number of anilines is 1. The number of piperidine rings is 1. The summed E-state index contributed by atoms with van der Waals surface area (Å²) in [6, 6.07) is 7.32. The molecule has 104 valence electrons. The molecule has 1 aromatic heterocycles. The minimum atomic E-state index is -0.0995. The van der Waals surface area contributed by atoms with Gasteiger partial charge in [0.15, 0.2) is 0 Å². The number of hydrogen-bond donors (Lipinski definition) is 3. The maximum absolute atomic E-state index is 12.1. The molecule has 1 fully saturated rings. The van der Waals surface area contributed by atoms with Gasteiger partial charge >= 0.3 is 0 Å². The molecular formula is C13H16N6O. The van der Waals surface area contributed by atoms with Crippen LogP contribution in [-0.2, 0) is 4.79 Å². The van der Waals surface area contributed by atoms with Gasteiger partial charge in [-0.1, -0.05) is 18.6 Å². The molecule has 2 heterocycles. The molecule has 7 nitrogen and oxygen atoms in total. The van der Waals surface area contributed by atoms with E-state index in [0.717, 1.165) is 37.1 Å². The van der Waals surface area contributed by atoms with Crippen LogP contribution in [-0.4, -0.2) is 39.1 Å². The smallest absolute Gasteiger partial charge is 0.241 e. The molecule has 7 heteroatoms. The average molecular weight is 272 g/mol. The van der Waals surface area contributed by atoms with Crippen LogP contribution in [0.25, 0.3) is 11.4 Å². The van der Waals surface area contributed by atoms with Gasteiger partial charge in [0.2, 0.25) is 11.7 Å². The normalized spacial score (nSPS) is 18.7. The summed E-state index contributed by atoms with van der Waals surface area (Å²) in [5, 5.41) is 19.9. The summed E-state index contributed by atoms with van der Waals surface area (Å²) in [5.74, 6) is 0.520. The SMILES string of the molecule is O=C(Nc1cccc(-c2nn[nH]n2)c1)C1CCCCN1. The van der Waals surface area contributed by atoms with Gasteiger partial charge in [-0.15, -0.1) is 10.2 Å². The number of carbonyl (C=O) groups excluding carboxylic acids is 1. The number of carbonyl (C=O) groups is 1. The first kappa shape index (κ1) is 12.7. The summed E-state index contributed by atoms with van der Waals surface area (Å²) < 4.78 is 0. The zero-order chi connectivity index (χ0) is 13.8. The van der Waals surface area contributed by atoms with Gasteiger partial charge in [-0.3, -0.25) is 4.79 Å². The summed E-state index contributed by atoms with van der Waals surface area (Å²) in [7, 11) is 0. The largest absolute Gasteiger partial charge is 0.325 e. The van der Waals surface area contributed by atoms with Crippen molar-refractivity contribution in [2.75, 3.05) is 11.9 Å². The molecule has 1 amide bonds. The number of aromatic nitrogens is 4. The summed E-state index contributed by atoms with van der Waals surface area (Å²) in [4.78, 5) is 12.1. The second-order valence-corrected chi connectivity index (χ2v) is 4.81. The highest BCUT2D eigenvalue weighted by Crippen LogP contribution is 2.19. The van der Waals surface area contributed by atoms with Gasteiger partial charge in [0, 0.05) is 11.3 Å².